The van der Waals surface area contributed by atoms with Crippen molar-refractivity contribution < 1.29 is 0 Å². The van der Waals surface area contributed by atoms with Crippen molar-refractivity contribution in [2.75, 3.05) is 5.84 Å². The molecule has 2 aromatic heterocycles. The van der Waals surface area contributed by atoms with Crippen molar-refractivity contribution >= 4 is 11.2 Å². The molecule has 0 unspecified atom stereocenters. The Morgan fingerprint density at radius 2 is 2.46 bits per heavy atom. The minimum absolute atomic E-state index is 0.201. The Labute approximate surface area is 74.4 Å². The van der Waals surface area contributed by atoms with Crippen LogP contribution in [0.15, 0.2) is 18.3 Å². The first kappa shape index (κ1) is 7.55. The van der Waals surface area contributed by atoms with E-state index < -0.39 is 0 Å². The van der Waals surface area contributed by atoms with Gasteiger partial charge in [0.2, 0.25) is 0 Å². The van der Waals surface area contributed by atoms with Crippen LogP contribution in [-0.4, -0.2) is 14.6 Å². The van der Waals surface area contributed by atoms with Crippen molar-refractivity contribution in [3.63, 3.8) is 0 Å². The molecule has 64 valence electrons. The van der Waals surface area contributed by atoms with Gasteiger partial charge in [0, 0.05) is 6.20 Å². The summed E-state index contributed by atoms with van der Waals surface area (Å²) in [6.45, 7) is 0. The molecular weight excluding hydrogens is 166 g/mol. The summed E-state index contributed by atoms with van der Waals surface area (Å²) >= 11 is 0. The summed E-state index contributed by atoms with van der Waals surface area (Å²) in [5.41, 5.74) is 1.32. The third-order valence-corrected chi connectivity index (χ3v) is 1.76. The lowest BCUT2D eigenvalue weighted by atomic mass is 10.4. The zero-order valence-electron chi connectivity index (χ0n) is 6.81. The summed E-state index contributed by atoms with van der Waals surface area (Å²) < 4.78 is 1.35. The Morgan fingerprint density at radius 1 is 1.62 bits per heavy atom. The number of nitrogens with zero attached hydrogens (tertiary/aromatic N) is 4. The molecule has 2 rings (SSSR count). The second kappa shape index (κ2) is 2.75. The van der Waals surface area contributed by atoms with E-state index in [9.17, 15) is 0 Å². The van der Waals surface area contributed by atoms with Crippen LogP contribution in [0, 0.1) is 11.3 Å². The fourth-order valence-corrected chi connectivity index (χ4v) is 1.17. The Morgan fingerprint density at radius 3 is 3.15 bits per heavy atom. The van der Waals surface area contributed by atoms with Crippen LogP contribution < -0.4 is 5.84 Å². The SMILES string of the molecule is N#CCc1nc2cccnc2n1N. The first-order valence-electron chi connectivity index (χ1n) is 3.77. The van der Waals surface area contributed by atoms with E-state index >= 15 is 0 Å². The third kappa shape index (κ3) is 1.08. The van der Waals surface area contributed by atoms with Crippen molar-refractivity contribution in [1.82, 2.24) is 14.6 Å². The van der Waals surface area contributed by atoms with E-state index in [1.807, 2.05) is 12.1 Å². The molecule has 0 fully saturated rings. The molecule has 13 heavy (non-hydrogen) atoms. The topological polar surface area (TPSA) is 80.5 Å². The largest absolute Gasteiger partial charge is 0.336 e. The second-order valence-electron chi connectivity index (χ2n) is 2.58. The van der Waals surface area contributed by atoms with Gasteiger partial charge in [0.25, 0.3) is 0 Å². The molecule has 0 atom stereocenters. The molecule has 0 saturated heterocycles. The lowest BCUT2D eigenvalue weighted by molar-refractivity contribution is 0.906. The molecule has 0 aromatic carbocycles. The molecule has 0 radical (unpaired) electrons. The highest BCUT2D eigenvalue weighted by atomic mass is 15.3. The van der Waals surface area contributed by atoms with E-state index in [-0.39, 0.29) is 6.42 Å². The normalized spacial score (nSPS) is 10.1. The zero-order chi connectivity index (χ0) is 9.26. The number of nitrogen functional groups attached to an aromatic ring is 1. The molecule has 2 heterocycles. The van der Waals surface area contributed by atoms with Crippen LogP contribution in [-0.2, 0) is 6.42 Å². The van der Waals surface area contributed by atoms with Gasteiger partial charge in [-0.15, -0.1) is 0 Å². The predicted octanol–water partition coefficient (Wildman–Crippen LogP) is 0.211. The Hall–Kier alpha value is -2.09. The third-order valence-electron chi connectivity index (χ3n) is 1.76. The van der Waals surface area contributed by atoms with Crippen LogP contribution >= 0.6 is 0 Å². The van der Waals surface area contributed by atoms with Gasteiger partial charge in [-0.25, -0.2) is 14.6 Å². The van der Waals surface area contributed by atoms with E-state index in [0.29, 0.717) is 11.5 Å². The van der Waals surface area contributed by atoms with Gasteiger partial charge in [0.15, 0.2) is 5.65 Å². The van der Waals surface area contributed by atoms with E-state index in [4.69, 9.17) is 11.1 Å². The number of fused-ring (bicyclic) bond motifs is 1. The van der Waals surface area contributed by atoms with Crippen molar-refractivity contribution in [1.29, 1.82) is 5.26 Å². The Kier molecular flexibility index (Phi) is 1.60. The molecule has 0 aliphatic heterocycles. The van der Waals surface area contributed by atoms with Gasteiger partial charge >= 0.3 is 0 Å². The molecule has 0 spiro atoms. The van der Waals surface area contributed by atoms with Crippen molar-refractivity contribution in [2.45, 2.75) is 6.42 Å². The number of hydrogen-bond acceptors (Lipinski definition) is 4. The Bertz CT molecular complexity index is 479. The Balaban J connectivity index is 2.68. The van der Waals surface area contributed by atoms with Gasteiger partial charge < -0.3 is 5.84 Å². The number of rotatable bonds is 1. The summed E-state index contributed by atoms with van der Waals surface area (Å²) in [5.74, 6) is 6.20. The summed E-state index contributed by atoms with van der Waals surface area (Å²) in [6.07, 6.45) is 1.84. The second-order valence-corrected chi connectivity index (χ2v) is 2.58. The first-order chi connectivity index (χ1) is 6.33. The van der Waals surface area contributed by atoms with E-state index in [2.05, 4.69) is 9.97 Å². The van der Waals surface area contributed by atoms with Gasteiger partial charge in [0.1, 0.15) is 11.3 Å². The van der Waals surface area contributed by atoms with Crippen molar-refractivity contribution in [2.24, 2.45) is 0 Å². The standard InChI is InChI=1S/C8H7N5/c9-4-3-7-12-6-2-1-5-11-8(6)13(7)10/h1-2,5H,3,10H2. The predicted molar refractivity (Wildman–Crippen MR) is 47.0 cm³/mol. The quantitative estimate of drug-likeness (QED) is 0.625. The molecule has 2 N–H and O–H groups in total. The number of aromatic nitrogens is 3. The molecule has 0 aliphatic rings. The maximum atomic E-state index is 8.49. The molecule has 0 aliphatic carbocycles. The average molecular weight is 173 g/mol. The van der Waals surface area contributed by atoms with Crippen LogP contribution in [0.1, 0.15) is 5.82 Å². The minimum atomic E-state index is 0.201. The summed E-state index contributed by atoms with van der Waals surface area (Å²) in [4.78, 5) is 8.20. The van der Waals surface area contributed by atoms with Gasteiger partial charge in [-0.05, 0) is 12.1 Å². The lowest BCUT2D eigenvalue weighted by Gasteiger charge is -1.94. The molecule has 5 nitrogen and oxygen atoms in total. The fraction of sp³-hybridized carbons (Fsp3) is 0.125. The smallest absolute Gasteiger partial charge is 0.178 e. The number of hydrogen-bond donors (Lipinski definition) is 1. The highest BCUT2D eigenvalue weighted by Crippen LogP contribution is 2.09. The van der Waals surface area contributed by atoms with Crippen LogP contribution in [0.2, 0.25) is 0 Å². The van der Waals surface area contributed by atoms with Crippen LogP contribution in [0.4, 0.5) is 0 Å². The summed E-state index contributed by atoms with van der Waals surface area (Å²) in [5, 5.41) is 8.49. The lowest BCUT2D eigenvalue weighted by Crippen LogP contribution is -2.12. The van der Waals surface area contributed by atoms with E-state index in [0.717, 1.165) is 5.52 Å². The van der Waals surface area contributed by atoms with Gasteiger partial charge in [-0.2, -0.15) is 5.26 Å². The maximum Gasteiger partial charge on any atom is 0.178 e. The maximum absolute atomic E-state index is 8.49. The number of pyridine rings is 1. The molecule has 0 amide bonds. The van der Waals surface area contributed by atoms with Gasteiger partial charge in [-0.1, -0.05) is 0 Å². The first-order valence-corrected chi connectivity index (χ1v) is 3.77. The van der Waals surface area contributed by atoms with Crippen LogP contribution in [0.3, 0.4) is 0 Å². The van der Waals surface area contributed by atoms with Crippen LogP contribution in [0.25, 0.3) is 11.2 Å². The zero-order valence-corrected chi connectivity index (χ0v) is 6.81. The monoisotopic (exact) mass is 173 g/mol. The molecular formula is C8H7N5. The highest BCUT2D eigenvalue weighted by Gasteiger charge is 2.07. The number of imidazole rings is 1. The molecule has 5 heteroatoms. The highest BCUT2D eigenvalue weighted by molar-refractivity contribution is 5.71. The van der Waals surface area contributed by atoms with Crippen molar-refractivity contribution in [3.8, 4) is 6.07 Å². The molecule has 2 aromatic rings. The van der Waals surface area contributed by atoms with Crippen molar-refractivity contribution in [3.05, 3.63) is 24.2 Å². The van der Waals surface area contributed by atoms with E-state index in [1.54, 1.807) is 12.3 Å². The molecule has 0 saturated carbocycles. The summed E-state index contributed by atoms with van der Waals surface area (Å²) in [6, 6.07) is 5.59. The van der Waals surface area contributed by atoms with Crippen LogP contribution in [0.5, 0.6) is 0 Å². The van der Waals surface area contributed by atoms with Gasteiger partial charge in [-0.3, -0.25) is 0 Å². The molecule has 0 bridgehead atoms. The fourth-order valence-electron chi connectivity index (χ4n) is 1.17. The average Bonchev–Trinajstić information content (AvgIpc) is 2.46. The number of nitriles is 1. The number of nitrogens with two attached hydrogens (primary N) is 1. The summed E-state index contributed by atoms with van der Waals surface area (Å²) in [7, 11) is 0. The van der Waals surface area contributed by atoms with E-state index in [1.165, 1.54) is 4.68 Å². The minimum Gasteiger partial charge on any atom is -0.336 e. The van der Waals surface area contributed by atoms with Gasteiger partial charge in [0.05, 0.1) is 12.5 Å².